The smallest absolute Gasteiger partial charge is 0.242 e. The van der Waals surface area contributed by atoms with Gasteiger partial charge in [0.25, 0.3) is 0 Å². The van der Waals surface area contributed by atoms with Gasteiger partial charge in [-0.15, -0.1) is 0 Å². The molecule has 4 heteroatoms. The van der Waals surface area contributed by atoms with E-state index >= 15 is 0 Å². The summed E-state index contributed by atoms with van der Waals surface area (Å²) in [6.45, 7) is 5.26. The molecular weight excluding hydrogens is 336 g/mol. The summed E-state index contributed by atoms with van der Waals surface area (Å²) in [6, 6.07) is 18.1. The molecule has 1 aliphatic heterocycles. The molecule has 2 aromatic rings. The molecule has 2 aromatic carbocycles. The summed E-state index contributed by atoms with van der Waals surface area (Å²) in [4.78, 5) is 30.6. The fourth-order valence-corrected chi connectivity index (χ4v) is 4.00. The Balaban J connectivity index is 1.57. The molecule has 1 saturated carbocycles. The topological polar surface area (TPSA) is 40.6 Å². The van der Waals surface area contributed by atoms with Crippen molar-refractivity contribution in [2.45, 2.75) is 45.7 Å². The van der Waals surface area contributed by atoms with Gasteiger partial charge in [-0.2, -0.15) is 0 Å². The van der Waals surface area contributed by atoms with Gasteiger partial charge >= 0.3 is 0 Å². The Morgan fingerprint density at radius 2 is 1.70 bits per heavy atom. The average molecular weight is 362 g/mol. The summed E-state index contributed by atoms with van der Waals surface area (Å²) < 4.78 is 0. The van der Waals surface area contributed by atoms with Crippen molar-refractivity contribution in [2.75, 3.05) is 11.4 Å². The number of carbonyl (C=O) groups is 2. The maximum atomic E-state index is 13.5. The first-order chi connectivity index (χ1) is 13.0. The molecule has 0 spiro atoms. The predicted molar refractivity (Wildman–Crippen MR) is 106 cm³/mol. The Bertz CT molecular complexity index is 856. The molecule has 0 radical (unpaired) electrons. The summed E-state index contributed by atoms with van der Waals surface area (Å²) in [5.41, 5.74) is 2.39. The van der Waals surface area contributed by atoms with E-state index in [1.54, 1.807) is 0 Å². The van der Waals surface area contributed by atoms with Gasteiger partial charge in [0.15, 0.2) is 0 Å². The molecule has 0 N–H and O–H groups in total. The summed E-state index contributed by atoms with van der Waals surface area (Å²) in [7, 11) is 0. The fourth-order valence-electron chi connectivity index (χ4n) is 4.00. The van der Waals surface area contributed by atoms with E-state index in [4.69, 9.17) is 0 Å². The average Bonchev–Trinajstić information content (AvgIpc) is 3.39. The van der Waals surface area contributed by atoms with Crippen molar-refractivity contribution in [2.24, 2.45) is 5.41 Å². The number of carbonyl (C=O) groups excluding carboxylic acids is 2. The minimum Gasteiger partial charge on any atom is -0.335 e. The van der Waals surface area contributed by atoms with Crippen LogP contribution in [0.25, 0.3) is 0 Å². The van der Waals surface area contributed by atoms with Crippen molar-refractivity contribution < 1.29 is 9.59 Å². The molecule has 4 nitrogen and oxygen atoms in total. The molecule has 0 aromatic heterocycles. The highest BCUT2D eigenvalue weighted by molar-refractivity contribution is 6.14. The van der Waals surface area contributed by atoms with Crippen LogP contribution in [0.4, 0.5) is 5.69 Å². The molecule has 0 atom stereocenters. The third kappa shape index (κ3) is 3.14. The molecule has 2 amide bonds. The molecule has 0 saturated heterocycles. The summed E-state index contributed by atoms with van der Waals surface area (Å²) in [6.07, 6.45) is 2.17. The number of hydrogen-bond acceptors (Lipinski definition) is 2. The summed E-state index contributed by atoms with van der Waals surface area (Å²) in [5.74, 6) is -0.0353. The second kappa shape index (κ2) is 6.84. The second-order valence-corrected chi connectivity index (χ2v) is 7.93. The van der Waals surface area contributed by atoms with Gasteiger partial charge in [0.05, 0.1) is 0 Å². The van der Waals surface area contributed by atoms with Crippen LogP contribution in [0, 0.1) is 5.41 Å². The molecule has 4 rings (SSSR count). The van der Waals surface area contributed by atoms with Gasteiger partial charge in [-0.05, 0) is 50.3 Å². The largest absolute Gasteiger partial charge is 0.335 e. The Morgan fingerprint density at radius 1 is 1.04 bits per heavy atom. The van der Waals surface area contributed by atoms with Crippen LogP contribution in [-0.4, -0.2) is 29.3 Å². The van der Waals surface area contributed by atoms with E-state index in [9.17, 15) is 9.59 Å². The lowest BCUT2D eigenvalue weighted by Gasteiger charge is -2.32. The van der Waals surface area contributed by atoms with Crippen LogP contribution in [0.3, 0.4) is 0 Å². The molecule has 2 aliphatic rings. The number of rotatable bonds is 5. The quantitative estimate of drug-likeness (QED) is 0.759. The number of amides is 2. The van der Waals surface area contributed by atoms with E-state index in [1.807, 2.05) is 72.2 Å². The van der Waals surface area contributed by atoms with E-state index in [1.165, 1.54) is 5.56 Å². The standard InChI is InChI=1S/C23H26N2O2/c1-17(2)25(16-18-8-4-3-5-9-18)22(27)23(13-14-23)21(26)24-15-12-19-10-6-7-11-20(19)24/h3-11,17H,12-16H2,1-2H3. The molecule has 0 bridgehead atoms. The number of nitrogens with zero attached hydrogens (tertiary/aromatic N) is 2. The van der Waals surface area contributed by atoms with Gasteiger partial charge in [-0.1, -0.05) is 48.5 Å². The third-order valence-corrected chi connectivity index (χ3v) is 5.78. The first-order valence-electron chi connectivity index (χ1n) is 9.78. The number of hydrogen-bond donors (Lipinski definition) is 0. The van der Waals surface area contributed by atoms with Crippen molar-refractivity contribution in [3.8, 4) is 0 Å². The normalized spacial score (nSPS) is 16.9. The second-order valence-electron chi connectivity index (χ2n) is 7.93. The number of para-hydroxylation sites is 1. The van der Waals surface area contributed by atoms with Crippen LogP contribution in [0.15, 0.2) is 54.6 Å². The van der Waals surface area contributed by atoms with Gasteiger partial charge in [0.2, 0.25) is 11.8 Å². The Hall–Kier alpha value is -2.62. The minimum absolute atomic E-state index is 0.0174. The van der Waals surface area contributed by atoms with Crippen LogP contribution < -0.4 is 4.90 Å². The molecule has 140 valence electrons. The zero-order valence-corrected chi connectivity index (χ0v) is 16.0. The molecular formula is C23H26N2O2. The van der Waals surface area contributed by atoms with Crippen LogP contribution in [0.2, 0.25) is 0 Å². The summed E-state index contributed by atoms with van der Waals surface area (Å²) in [5, 5.41) is 0. The lowest BCUT2D eigenvalue weighted by atomic mass is 10.0. The SMILES string of the molecule is CC(C)N(Cc1ccccc1)C(=O)C1(C(=O)N2CCc3ccccc32)CC1. The monoisotopic (exact) mass is 362 g/mol. The number of benzene rings is 2. The highest BCUT2D eigenvalue weighted by Gasteiger charge is 2.60. The van der Waals surface area contributed by atoms with Crippen molar-refractivity contribution >= 4 is 17.5 Å². The first-order valence-corrected chi connectivity index (χ1v) is 9.78. The Kier molecular flexibility index (Phi) is 4.50. The van der Waals surface area contributed by atoms with E-state index in [0.717, 1.165) is 17.7 Å². The number of fused-ring (bicyclic) bond motifs is 1. The minimum atomic E-state index is -0.865. The lowest BCUT2D eigenvalue weighted by molar-refractivity contribution is -0.145. The van der Waals surface area contributed by atoms with E-state index in [-0.39, 0.29) is 17.9 Å². The van der Waals surface area contributed by atoms with Crippen LogP contribution in [0.1, 0.15) is 37.8 Å². The Morgan fingerprint density at radius 3 is 2.37 bits per heavy atom. The molecule has 27 heavy (non-hydrogen) atoms. The molecule has 1 fully saturated rings. The maximum Gasteiger partial charge on any atom is 0.242 e. The van der Waals surface area contributed by atoms with Gasteiger partial charge in [-0.3, -0.25) is 9.59 Å². The van der Waals surface area contributed by atoms with E-state index in [2.05, 4.69) is 6.07 Å². The van der Waals surface area contributed by atoms with Crippen LogP contribution >= 0.6 is 0 Å². The van der Waals surface area contributed by atoms with Gasteiger partial charge < -0.3 is 9.80 Å². The highest BCUT2D eigenvalue weighted by Crippen LogP contribution is 2.50. The number of anilines is 1. The molecule has 1 heterocycles. The van der Waals surface area contributed by atoms with Crippen molar-refractivity contribution in [1.82, 2.24) is 4.90 Å². The van der Waals surface area contributed by atoms with E-state index in [0.29, 0.717) is 25.9 Å². The van der Waals surface area contributed by atoms with Crippen molar-refractivity contribution in [3.05, 3.63) is 65.7 Å². The zero-order valence-electron chi connectivity index (χ0n) is 16.0. The summed E-state index contributed by atoms with van der Waals surface area (Å²) >= 11 is 0. The zero-order chi connectivity index (χ0) is 19.0. The predicted octanol–water partition coefficient (Wildman–Crippen LogP) is 3.79. The van der Waals surface area contributed by atoms with Crippen molar-refractivity contribution in [1.29, 1.82) is 0 Å². The first kappa shape index (κ1) is 17.8. The lowest BCUT2D eigenvalue weighted by Crippen LogP contribution is -2.48. The van der Waals surface area contributed by atoms with Gasteiger partial charge in [0, 0.05) is 24.8 Å². The maximum absolute atomic E-state index is 13.5. The van der Waals surface area contributed by atoms with Gasteiger partial charge in [-0.25, -0.2) is 0 Å². The van der Waals surface area contributed by atoms with Gasteiger partial charge in [0.1, 0.15) is 5.41 Å². The fraction of sp³-hybridized carbons (Fsp3) is 0.391. The Labute approximate surface area is 160 Å². The third-order valence-electron chi connectivity index (χ3n) is 5.78. The van der Waals surface area contributed by atoms with Crippen LogP contribution in [0.5, 0.6) is 0 Å². The highest BCUT2D eigenvalue weighted by atomic mass is 16.2. The van der Waals surface area contributed by atoms with E-state index < -0.39 is 5.41 Å². The molecule has 0 unspecified atom stereocenters. The van der Waals surface area contributed by atoms with Crippen LogP contribution in [-0.2, 0) is 22.6 Å². The van der Waals surface area contributed by atoms with Crippen molar-refractivity contribution in [3.63, 3.8) is 0 Å². The molecule has 1 aliphatic carbocycles.